The molecular weight excluding hydrogens is 219 g/mol. The van der Waals surface area contributed by atoms with Crippen LogP contribution in [0.3, 0.4) is 0 Å². The van der Waals surface area contributed by atoms with Crippen LogP contribution >= 0.6 is 0 Å². The van der Waals surface area contributed by atoms with Crippen LogP contribution in [0.2, 0.25) is 0 Å². The monoisotopic (exact) mass is 240 g/mol. The minimum absolute atomic E-state index is 0. The van der Waals surface area contributed by atoms with Crippen LogP contribution in [-0.4, -0.2) is 6.10 Å². The van der Waals surface area contributed by atoms with Gasteiger partial charge < -0.3 is 9.47 Å². The minimum atomic E-state index is -0.644. The summed E-state index contributed by atoms with van der Waals surface area (Å²) in [5, 5.41) is 0. The van der Waals surface area contributed by atoms with Gasteiger partial charge in [0, 0.05) is 12.0 Å². The summed E-state index contributed by atoms with van der Waals surface area (Å²) in [6.45, 7) is 4.38. The summed E-state index contributed by atoms with van der Waals surface area (Å²) in [7, 11) is 3.63. The molecule has 0 radical (unpaired) electrons. The number of benzene rings is 1. The standard InChI is InChI=1S/C15H21O2.Li/c1-12(2)14-10-7-11-15(16-3,17-14)13-8-5-4-6-9-13;/h4-6,8-9,12,14H,3,7,10-11H2,1-2H3;/q-1;+1/t14-,15+;/m0./s1. The van der Waals surface area contributed by atoms with Crippen molar-refractivity contribution in [1.82, 2.24) is 0 Å². The first-order valence-electron chi connectivity index (χ1n) is 6.34. The third kappa shape index (κ3) is 3.19. The minimum Gasteiger partial charge on any atom is -0.527 e. The van der Waals surface area contributed by atoms with E-state index in [1.165, 1.54) is 0 Å². The van der Waals surface area contributed by atoms with Gasteiger partial charge in [-0.25, -0.2) is 7.11 Å². The van der Waals surface area contributed by atoms with Gasteiger partial charge in [-0.05, 0) is 18.8 Å². The third-order valence-electron chi connectivity index (χ3n) is 3.53. The predicted octanol–water partition coefficient (Wildman–Crippen LogP) is 0.877. The van der Waals surface area contributed by atoms with Crippen molar-refractivity contribution in [2.24, 2.45) is 5.92 Å². The summed E-state index contributed by atoms with van der Waals surface area (Å²) in [6, 6.07) is 10.1. The fourth-order valence-electron chi connectivity index (χ4n) is 2.46. The SMILES string of the molecule is [CH2-]O[C@]1(c2ccccc2)CCC[C@@H](C(C)C)O1.[Li+]. The second kappa shape index (κ2) is 6.77. The molecule has 1 heterocycles. The van der Waals surface area contributed by atoms with E-state index in [4.69, 9.17) is 9.47 Å². The zero-order chi connectivity index (χ0) is 12.3. The van der Waals surface area contributed by atoms with Crippen LogP contribution in [0.4, 0.5) is 0 Å². The Morgan fingerprint density at radius 2 is 2.00 bits per heavy atom. The Hall–Kier alpha value is -0.263. The smallest absolute Gasteiger partial charge is 0.527 e. The van der Waals surface area contributed by atoms with E-state index in [0.717, 1.165) is 24.8 Å². The molecule has 0 aromatic heterocycles. The quantitative estimate of drug-likeness (QED) is 0.577. The van der Waals surface area contributed by atoms with Crippen molar-refractivity contribution >= 4 is 0 Å². The van der Waals surface area contributed by atoms with Crippen LogP contribution in [0.1, 0.15) is 38.7 Å². The van der Waals surface area contributed by atoms with E-state index < -0.39 is 5.79 Å². The summed E-state index contributed by atoms with van der Waals surface area (Å²) in [5.74, 6) is -0.136. The van der Waals surface area contributed by atoms with Gasteiger partial charge in [0.2, 0.25) is 0 Å². The molecule has 0 unspecified atom stereocenters. The van der Waals surface area contributed by atoms with Crippen LogP contribution in [0.25, 0.3) is 0 Å². The maximum atomic E-state index is 6.19. The second-order valence-electron chi connectivity index (χ2n) is 5.06. The summed E-state index contributed by atoms with van der Waals surface area (Å²) in [4.78, 5) is 0. The van der Waals surface area contributed by atoms with Crippen LogP contribution in [0, 0.1) is 13.0 Å². The van der Waals surface area contributed by atoms with Crippen molar-refractivity contribution in [3.05, 3.63) is 43.0 Å². The van der Waals surface area contributed by atoms with Crippen molar-refractivity contribution < 1.29 is 28.3 Å². The maximum absolute atomic E-state index is 6.19. The molecule has 0 spiro atoms. The van der Waals surface area contributed by atoms with Crippen LogP contribution in [-0.2, 0) is 15.3 Å². The van der Waals surface area contributed by atoms with E-state index in [1.807, 2.05) is 30.3 Å². The van der Waals surface area contributed by atoms with Crippen LogP contribution < -0.4 is 18.9 Å². The van der Waals surface area contributed by atoms with Gasteiger partial charge >= 0.3 is 18.9 Å². The largest absolute Gasteiger partial charge is 1.00 e. The second-order valence-corrected chi connectivity index (χ2v) is 5.06. The van der Waals surface area contributed by atoms with Crippen LogP contribution in [0.5, 0.6) is 0 Å². The molecule has 0 N–H and O–H groups in total. The molecule has 3 heteroatoms. The average molecular weight is 240 g/mol. The van der Waals surface area contributed by atoms with E-state index in [-0.39, 0.29) is 25.0 Å². The van der Waals surface area contributed by atoms with E-state index in [2.05, 4.69) is 21.0 Å². The van der Waals surface area contributed by atoms with Crippen molar-refractivity contribution in [3.8, 4) is 0 Å². The molecule has 1 saturated heterocycles. The van der Waals surface area contributed by atoms with E-state index in [0.29, 0.717) is 5.92 Å². The average Bonchev–Trinajstić information content (AvgIpc) is 2.39. The Balaban J connectivity index is 0.00000162. The number of rotatable bonds is 3. The topological polar surface area (TPSA) is 18.5 Å². The summed E-state index contributed by atoms with van der Waals surface area (Å²) >= 11 is 0. The molecule has 1 aliphatic heterocycles. The molecule has 0 amide bonds. The Morgan fingerprint density at radius 1 is 1.33 bits per heavy atom. The normalized spacial score (nSPS) is 27.9. The molecule has 0 aliphatic carbocycles. The van der Waals surface area contributed by atoms with Gasteiger partial charge in [-0.15, -0.1) is 0 Å². The molecule has 1 aromatic rings. The first-order chi connectivity index (χ1) is 8.18. The van der Waals surface area contributed by atoms with Gasteiger partial charge in [-0.3, -0.25) is 0 Å². The molecule has 1 aliphatic rings. The van der Waals surface area contributed by atoms with Crippen LogP contribution in [0.15, 0.2) is 30.3 Å². The Labute approximate surface area is 122 Å². The van der Waals surface area contributed by atoms with E-state index >= 15 is 0 Å². The van der Waals surface area contributed by atoms with Gasteiger partial charge in [0.25, 0.3) is 0 Å². The molecule has 18 heavy (non-hydrogen) atoms. The third-order valence-corrected chi connectivity index (χ3v) is 3.53. The number of hydrogen-bond donors (Lipinski definition) is 0. The first kappa shape index (κ1) is 15.8. The maximum Gasteiger partial charge on any atom is 1.00 e. The van der Waals surface area contributed by atoms with Gasteiger partial charge in [0.1, 0.15) is 0 Å². The van der Waals surface area contributed by atoms with Gasteiger partial charge in [0.15, 0.2) is 5.79 Å². The van der Waals surface area contributed by atoms with Gasteiger partial charge in [0.05, 0.1) is 6.10 Å². The molecular formula is C15H21LiO2. The first-order valence-corrected chi connectivity index (χ1v) is 6.34. The molecule has 2 atom stereocenters. The number of ether oxygens (including phenoxy) is 2. The fourth-order valence-corrected chi connectivity index (χ4v) is 2.46. The molecule has 0 saturated carbocycles. The summed E-state index contributed by atoms with van der Waals surface area (Å²) < 4.78 is 11.7. The van der Waals surface area contributed by atoms with Crippen molar-refractivity contribution in [1.29, 1.82) is 0 Å². The molecule has 2 nitrogen and oxygen atoms in total. The van der Waals surface area contributed by atoms with Gasteiger partial charge in [-0.1, -0.05) is 44.2 Å². The predicted molar refractivity (Wildman–Crippen MR) is 68.1 cm³/mol. The molecule has 0 bridgehead atoms. The molecule has 1 fully saturated rings. The Bertz CT molecular complexity index is 353. The molecule has 94 valence electrons. The van der Waals surface area contributed by atoms with E-state index in [9.17, 15) is 0 Å². The molecule has 2 rings (SSSR count). The molecule has 1 aromatic carbocycles. The van der Waals surface area contributed by atoms with Crippen molar-refractivity contribution in [2.75, 3.05) is 0 Å². The van der Waals surface area contributed by atoms with Crippen molar-refractivity contribution in [3.63, 3.8) is 0 Å². The zero-order valence-electron chi connectivity index (χ0n) is 11.7. The van der Waals surface area contributed by atoms with Gasteiger partial charge in [-0.2, -0.15) is 0 Å². The van der Waals surface area contributed by atoms with E-state index in [1.54, 1.807) is 0 Å². The van der Waals surface area contributed by atoms with Crippen molar-refractivity contribution in [2.45, 2.75) is 45.0 Å². The number of hydrogen-bond acceptors (Lipinski definition) is 2. The Morgan fingerprint density at radius 3 is 2.56 bits per heavy atom. The zero-order valence-corrected chi connectivity index (χ0v) is 11.7. The summed E-state index contributed by atoms with van der Waals surface area (Å²) in [5.41, 5.74) is 1.07. The summed E-state index contributed by atoms with van der Waals surface area (Å²) in [6.07, 6.45) is 3.36. The fraction of sp³-hybridized carbons (Fsp3) is 0.533. The Kier molecular flexibility index (Phi) is 5.94.